The number of benzene rings is 1. The van der Waals surface area contributed by atoms with Gasteiger partial charge in [-0.15, -0.1) is 0 Å². The molecule has 0 aliphatic carbocycles. The summed E-state index contributed by atoms with van der Waals surface area (Å²) in [5.41, 5.74) is 2.41. The second-order valence-electron chi connectivity index (χ2n) is 5.27. The zero-order valence-corrected chi connectivity index (χ0v) is 13.6. The van der Waals surface area contributed by atoms with Crippen LogP contribution in [0.3, 0.4) is 0 Å². The summed E-state index contributed by atoms with van der Waals surface area (Å²) in [6, 6.07) is 6.12. The lowest BCUT2D eigenvalue weighted by molar-refractivity contribution is 0.102. The molecule has 0 radical (unpaired) electrons. The van der Waals surface area contributed by atoms with Crippen LogP contribution in [-0.2, 0) is 7.05 Å². The van der Waals surface area contributed by atoms with Gasteiger partial charge in [-0.25, -0.2) is 9.37 Å². The van der Waals surface area contributed by atoms with Gasteiger partial charge in [-0.05, 0) is 32.0 Å². The van der Waals surface area contributed by atoms with E-state index in [1.165, 1.54) is 12.1 Å². The average molecular weight is 333 g/mol. The maximum absolute atomic E-state index is 14.0. The molecule has 0 aliphatic heterocycles. The zero-order valence-electron chi connectivity index (χ0n) is 12.8. The molecule has 3 aromatic rings. The quantitative estimate of drug-likeness (QED) is 0.779. The predicted molar refractivity (Wildman–Crippen MR) is 87.3 cm³/mol. The first-order chi connectivity index (χ1) is 10.9. The molecule has 118 valence electrons. The van der Waals surface area contributed by atoms with Crippen LogP contribution in [0.2, 0.25) is 5.02 Å². The summed E-state index contributed by atoms with van der Waals surface area (Å²) >= 11 is 5.74. The fraction of sp³-hybridized carbons (Fsp3) is 0.188. The summed E-state index contributed by atoms with van der Waals surface area (Å²) in [5.74, 6) is -1.09. The fourth-order valence-electron chi connectivity index (χ4n) is 2.54. The maximum atomic E-state index is 14.0. The molecule has 2 aromatic heterocycles. The number of rotatable bonds is 2. The van der Waals surface area contributed by atoms with Crippen molar-refractivity contribution in [2.75, 3.05) is 5.32 Å². The van der Waals surface area contributed by atoms with Crippen molar-refractivity contribution in [2.24, 2.45) is 7.05 Å². The lowest BCUT2D eigenvalue weighted by Crippen LogP contribution is -2.14. The van der Waals surface area contributed by atoms with Gasteiger partial charge in [0, 0.05) is 12.7 Å². The SMILES string of the molecule is Cc1cc(C(=O)Nc2cccc(Cl)c2F)c2c(C)nn(C)c2n1. The third-order valence-electron chi connectivity index (χ3n) is 3.54. The van der Waals surface area contributed by atoms with E-state index in [1.807, 2.05) is 0 Å². The van der Waals surface area contributed by atoms with Gasteiger partial charge in [0.2, 0.25) is 0 Å². The number of nitrogens with one attached hydrogen (secondary N) is 1. The molecule has 3 rings (SSSR count). The lowest BCUT2D eigenvalue weighted by atomic mass is 10.1. The second-order valence-corrected chi connectivity index (χ2v) is 5.68. The van der Waals surface area contributed by atoms with Crippen LogP contribution in [0.15, 0.2) is 24.3 Å². The molecule has 0 spiro atoms. The molecule has 0 bridgehead atoms. The molecule has 7 heteroatoms. The van der Waals surface area contributed by atoms with Gasteiger partial charge in [0.15, 0.2) is 11.5 Å². The van der Waals surface area contributed by atoms with Crippen LogP contribution in [0.1, 0.15) is 21.7 Å². The highest BCUT2D eigenvalue weighted by molar-refractivity contribution is 6.31. The van der Waals surface area contributed by atoms with Gasteiger partial charge in [-0.3, -0.25) is 9.48 Å². The van der Waals surface area contributed by atoms with Crippen LogP contribution in [-0.4, -0.2) is 20.7 Å². The van der Waals surface area contributed by atoms with E-state index in [1.54, 1.807) is 37.7 Å². The van der Waals surface area contributed by atoms with Crippen LogP contribution in [0.25, 0.3) is 11.0 Å². The van der Waals surface area contributed by atoms with Crippen LogP contribution in [0, 0.1) is 19.7 Å². The van der Waals surface area contributed by atoms with E-state index in [0.29, 0.717) is 28.0 Å². The molecule has 0 atom stereocenters. The Bertz CT molecular complexity index is 935. The molecule has 0 fully saturated rings. The van der Waals surface area contributed by atoms with E-state index in [2.05, 4.69) is 15.4 Å². The first kappa shape index (κ1) is 15.4. The second kappa shape index (κ2) is 5.62. The Morgan fingerprint density at radius 1 is 1.35 bits per heavy atom. The molecule has 0 saturated carbocycles. The number of halogens is 2. The number of carbonyl (C=O) groups is 1. The number of hydrogen-bond acceptors (Lipinski definition) is 3. The summed E-state index contributed by atoms with van der Waals surface area (Å²) in [5, 5.41) is 7.46. The summed E-state index contributed by atoms with van der Waals surface area (Å²) in [6.45, 7) is 3.59. The number of anilines is 1. The first-order valence-corrected chi connectivity index (χ1v) is 7.32. The molecule has 1 N–H and O–H groups in total. The highest BCUT2D eigenvalue weighted by Crippen LogP contribution is 2.25. The van der Waals surface area contributed by atoms with Crippen molar-refractivity contribution < 1.29 is 9.18 Å². The van der Waals surface area contributed by atoms with Crippen molar-refractivity contribution >= 4 is 34.2 Å². The number of fused-ring (bicyclic) bond motifs is 1. The Labute approximate surface area is 137 Å². The molecular formula is C16H14ClFN4O. The number of aryl methyl sites for hydroxylation is 3. The summed E-state index contributed by atoms with van der Waals surface area (Å²) in [7, 11) is 1.76. The third kappa shape index (κ3) is 2.66. The van der Waals surface area contributed by atoms with Gasteiger partial charge < -0.3 is 5.32 Å². The van der Waals surface area contributed by atoms with Crippen LogP contribution in [0.4, 0.5) is 10.1 Å². The smallest absolute Gasteiger partial charge is 0.256 e. The van der Waals surface area contributed by atoms with Crippen molar-refractivity contribution in [3.8, 4) is 0 Å². The van der Waals surface area contributed by atoms with Crippen LogP contribution in [0.5, 0.6) is 0 Å². The van der Waals surface area contributed by atoms with Crippen molar-refractivity contribution in [1.82, 2.24) is 14.8 Å². The molecular weight excluding hydrogens is 319 g/mol. The first-order valence-electron chi connectivity index (χ1n) is 6.95. The number of hydrogen-bond donors (Lipinski definition) is 1. The zero-order chi connectivity index (χ0) is 16.7. The number of pyridine rings is 1. The Hall–Kier alpha value is -2.47. The number of aromatic nitrogens is 3. The van der Waals surface area contributed by atoms with Gasteiger partial charge in [0.1, 0.15) is 0 Å². The molecule has 5 nitrogen and oxygen atoms in total. The monoisotopic (exact) mass is 332 g/mol. The van der Waals surface area contributed by atoms with Gasteiger partial charge in [-0.1, -0.05) is 17.7 Å². The number of nitrogens with zero attached hydrogens (tertiary/aromatic N) is 3. The minimum Gasteiger partial charge on any atom is -0.319 e. The van der Waals surface area contributed by atoms with E-state index < -0.39 is 11.7 Å². The number of carbonyl (C=O) groups excluding carboxylic acids is 1. The van der Waals surface area contributed by atoms with E-state index in [4.69, 9.17) is 11.6 Å². The normalized spacial score (nSPS) is 11.0. The molecule has 0 aliphatic rings. The Morgan fingerprint density at radius 3 is 2.83 bits per heavy atom. The van der Waals surface area contributed by atoms with Gasteiger partial charge in [0.05, 0.1) is 27.4 Å². The van der Waals surface area contributed by atoms with Crippen molar-refractivity contribution in [3.63, 3.8) is 0 Å². The number of amides is 1. The van der Waals surface area contributed by atoms with Crippen LogP contribution < -0.4 is 5.32 Å². The van der Waals surface area contributed by atoms with Crippen molar-refractivity contribution in [1.29, 1.82) is 0 Å². The molecule has 23 heavy (non-hydrogen) atoms. The highest BCUT2D eigenvalue weighted by atomic mass is 35.5. The molecule has 2 heterocycles. The topological polar surface area (TPSA) is 59.8 Å². The standard InChI is InChI=1S/C16H14ClFN4O/c1-8-7-10(13-9(2)21-22(3)15(13)19-8)16(23)20-12-6-4-5-11(17)14(12)18/h4-7H,1-3H3,(H,20,23). The van der Waals surface area contributed by atoms with Gasteiger partial charge in [-0.2, -0.15) is 5.10 Å². The molecule has 1 amide bonds. The molecule has 0 unspecified atom stereocenters. The van der Waals surface area contributed by atoms with Gasteiger partial charge in [0.25, 0.3) is 5.91 Å². The summed E-state index contributed by atoms with van der Waals surface area (Å²) in [4.78, 5) is 17.0. The van der Waals surface area contributed by atoms with E-state index in [0.717, 1.165) is 0 Å². The third-order valence-corrected chi connectivity index (χ3v) is 3.83. The fourth-order valence-corrected chi connectivity index (χ4v) is 2.71. The summed E-state index contributed by atoms with van der Waals surface area (Å²) in [6.07, 6.45) is 0. The minimum atomic E-state index is -0.660. The average Bonchev–Trinajstić information content (AvgIpc) is 2.78. The Balaban J connectivity index is 2.09. The predicted octanol–water partition coefficient (Wildman–Crippen LogP) is 3.63. The van der Waals surface area contributed by atoms with E-state index in [9.17, 15) is 9.18 Å². The molecule has 0 saturated heterocycles. The summed E-state index contributed by atoms with van der Waals surface area (Å²) < 4.78 is 15.6. The Kier molecular flexibility index (Phi) is 3.77. The van der Waals surface area contributed by atoms with Crippen molar-refractivity contribution in [2.45, 2.75) is 13.8 Å². The Morgan fingerprint density at radius 2 is 2.09 bits per heavy atom. The minimum absolute atomic E-state index is 0.0339. The highest BCUT2D eigenvalue weighted by Gasteiger charge is 2.19. The maximum Gasteiger partial charge on any atom is 0.256 e. The largest absolute Gasteiger partial charge is 0.319 e. The molecule has 1 aromatic carbocycles. The van der Waals surface area contributed by atoms with E-state index in [-0.39, 0.29) is 10.7 Å². The lowest BCUT2D eigenvalue weighted by Gasteiger charge is -2.09. The van der Waals surface area contributed by atoms with E-state index >= 15 is 0 Å². The van der Waals surface area contributed by atoms with Gasteiger partial charge >= 0.3 is 0 Å². The van der Waals surface area contributed by atoms with Crippen LogP contribution >= 0.6 is 11.6 Å². The van der Waals surface area contributed by atoms with Crippen molar-refractivity contribution in [3.05, 3.63) is 52.1 Å².